The summed E-state index contributed by atoms with van der Waals surface area (Å²) in [7, 11) is 0. The van der Waals surface area contributed by atoms with E-state index in [0.717, 1.165) is 12.3 Å². The largest absolute Gasteiger partial charge is 0.394 e. The zero-order valence-corrected chi connectivity index (χ0v) is 14.3. The number of aliphatic hydroxyl groups is 1. The molecule has 120 valence electrons. The van der Waals surface area contributed by atoms with Crippen molar-refractivity contribution in [2.24, 2.45) is 5.92 Å². The van der Waals surface area contributed by atoms with Gasteiger partial charge in [-0.05, 0) is 52.1 Å². The monoisotopic (exact) mass is 284 g/mol. The molecule has 0 aromatic rings. The number of likely N-dealkylation sites (tertiary alicyclic amines) is 1. The predicted octanol–water partition coefficient (Wildman–Crippen LogP) is 3.03. The number of rotatable bonds is 8. The number of aliphatic hydroxyl groups excluding tert-OH is 1. The van der Waals surface area contributed by atoms with Crippen LogP contribution in [0.25, 0.3) is 0 Å². The number of hydrogen-bond donors (Lipinski definition) is 2. The summed E-state index contributed by atoms with van der Waals surface area (Å²) in [6, 6.07) is 0.954. The summed E-state index contributed by atoms with van der Waals surface area (Å²) < 4.78 is 0. The highest BCUT2D eigenvalue weighted by Crippen LogP contribution is 2.25. The van der Waals surface area contributed by atoms with Crippen molar-refractivity contribution in [2.75, 3.05) is 19.7 Å². The van der Waals surface area contributed by atoms with Gasteiger partial charge in [-0.15, -0.1) is 0 Å². The van der Waals surface area contributed by atoms with E-state index in [2.05, 4.69) is 44.8 Å². The summed E-state index contributed by atoms with van der Waals surface area (Å²) in [5.74, 6) is 0.946. The Hall–Kier alpha value is -0.120. The van der Waals surface area contributed by atoms with Crippen LogP contribution in [0.5, 0.6) is 0 Å². The average molecular weight is 284 g/mol. The Balaban J connectivity index is 2.44. The zero-order chi connectivity index (χ0) is 15.2. The molecule has 2 atom stereocenters. The smallest absolute Gasteiger partial charge is 0.0611 e. The van der Waals surface area contributed by atoms with Gasteiger partial charge in [0.05, 0.1) is 6.61 Å². The van der Waals surface area contributed by atoms with Gasteiger partial charge in [-0.25, -0.2) is 0 Å². The van der Waals surface area contributed by atoms with Crippen LogP contribution in [0.2, 0.25) is 0 Å². The molecule has 3 heteroatoms. The van der Waals surface area contributed by atoms with E-state index >= 15 is 0 Å². The summed E-state index contributed by atoms with van der Waals surface area (Å²) in [6.07, 6.45) is 6.43. The first-order valence-corrected chi connectivity index (χ1v) is 8.52. The van der Waals surface area contributed by atoms with Crippen LogP contribution in [-0.4, -0.2) is 47.3 Å². The van der Waals surface area contributed by atoms with Gasteiger partial charge in [-0.1, -0.05) is 33.6 Å². The minimum atomic E-state index is -0.159. The maximum Gasteiger partial charge on any atom is 0.0611 e. The van der Waals surface area contributed by atoms with Gasteiger partial charge in [0.2, 0.25) is 0 Å². The molecule has 0 amide bonds. The Bertz CT molecular complexity index is 262. The molecule has 0 aromatic carbocycles. The number of piperidine rings is 1. The standard InChI is InChI=1S/C17H36N2O/c1-6-7-16-8-10-19(11-9-16)15(4)12-17(5,13-20)18-14(2)3/h14-16,18,20H,6-13H2,1-5H3. The molecule has 1 aliphatic rings. The fraction of sp³-hybridized carbons (Fsp3) is 1.00. The van der Waals surface area contributed by atoms with Gasteiger partial charge < -0.3 is 15.3 Å². The van der Waals surface area contributed by atoms with Crippen LogP contribution in [0, 0.1) is 5.92 Å². The van der Waals surface area contributed by atoms with E-state index in [0.29, 0.717) is 12.1 Å². The van der Waals surface area contributed by atoms with Crippen LogP contribution in [0.15, 0.2) is 0 Å². The maximum atomic E-state index is 9.71. The third-order valence-electron chi connectivity index (χ3n) is 4.70. The second kappa shape index (κ2) is 8.35. The Morgan fingerprint density at radius 3 is 2.30 bits per heavy atom. The SMILES string of the molecule is CCCC1CCN(C(C)CC(C)(CO)NC(C)C)CC1. The van der Waals surface area contributed by atoms with Crippen LogP contribution in [0.4, 0.5) is 0 Å². The summed E-state index contributed by atoms with van der Waals surface area (Å²) in [4.78, 5) is 2.61. The molecule has 1 heterocycles. The predicted molar refractivity (Wildman–Crippen MR) is 87.0 cm³/mol. The van der Waals surface area contributed by atoms with E-state index in [1.54, 1.807) is 0 Å². The van der Waals surface area contributed by atoms with Gasteiger partial charge in [-0.2, -0.15) is 0 Å². The number of hydrogen-bond acceptors (Lipinski definition) is 3. The fourth-order valence-electron chi connectivity index (χ4n) is 3.74. The molecule has 2 N–H and O–H groups in total. The molecule has 1 rings (SSSR count). The van der Waals surface area contributed by atoms with Crippen molar-refractivity contribution >= 4 is 0 Å². The van der Waals surface area contributed by atoms with E-state index in [1.807, 2.05) is 0 Å². The van der Waals surface area contributed by atoms with E-state index in [9.17, 15) is 5.11 Å². The molecular weight excluding hydrogens is 248 g/mol. The van der Waals surface area contributed by atoms with Crippen molar-refractivity contribution in [1.82, 2.24) is 10.2 Å². The lowest BCUT2D eigenvalue weighted by molar-refractivity contribution is 0.0849. The minimum Gasteiger partial charge on any atom is -0.394 e. The third kappa shape index (κ3) is 5.71. The molecule has 1 fully saturated rings. The highest BCUT2D eigenvalue weighted by molar-refractivity contribution is 4.89. The van der Waals surface area contributed by atoms with Crippen molar-refractivity contribution in [3.63, 3.8) is 0 Å². The maximum absolute atomic E-state index is 9.71. The topological polar surface area (TPSA) is 35.5 Å². The van der Waals surface area contributed by atoms with E-state index < -0.39 is 0 Å². The first-order chi connectivity index (χ1) is 9.40. The molecule has 1 saturated heterocycles. The number of nitrogens with zero attached hydrogens (tertiary/aromatic N) is 1. The lowest BCUT2D eigenvalue weighted by Crippen LogP contribution is -2.53. The lowest BCUT2D eigenvalue weighted by atomic mass is 9.89. The molecule has 0 spiro atoms. The molecular formula is C17H36N2O. The molecule has 0 saturated carbocycles. The average Bonchev–Trinajstić information content (AvgIpc) is 2.39. The first kappa shape index (κ1) is 17.9. The number of nitrogens with one attached hydrogen (secondary N) is 1. The van der Waals surface area contributed by atoms with E-state index in [4.69, 9.17) is 0 Å². The van der Waals surface area contributed by atoms with Gasteiger partial charge in [0.15, 0.2) is 0 Å². The van der Waals surface area contributed by atoms with Crippen molar-refractivity contribution in [3.8, 4) is 0 Å². The van der Waals surface area contributed by atoms with Crippen LogP contribution < -0.4 is 5.32 Å². The molecule has 2 unspecified atom stereocenters. The molecule has 20 heavy (non-hydrogen) atoms. The quantitative estimate of drug-likeness (QED) is 0.719. The van der Waals surface area contributed by atoms with E-state index in [-0.39, 0.29) is 12.1 Å². The summed E-state index contributed by atoms with van der Waals surface area (Å²) >= 11 is 0. The zero-order valence-electron chi connectivity index (χ0n) is 14.3. The Morgan fingerprint density at radius 2 is 1.85 bits per heavy atom. The highest BCUT2D eigenvalue weighted by atomic mass is 16.3. The summed E-state index contributed by atoms with van der Waals surface area (Å²) in [6.45, 7) is 13.7. The minimum absolute atomic E-state index is 0.159. The van der Waals surface area contributed by atoms with Crippen LogP contribution in [0.3, 0.4) is 0 Å². The Morgan fingerprint density at radius 1 is 1.25 bits per heavy atom. The van der Waals surface area contributed by atoms with Crippen LogP contribution in [0.1, 0.15) is 66.7 Å². The normalized spacial score (nSPS) is 22.9. The van der Waals surface area contributed by atoms with Gasteiger partial charge in [0, 0.05) is 17.6 Å². The Labute approximate surface area is 126 Å². The summed E-state index contributed by atoms with van der Waals surface area (Å²) in [5.41, 5.74) is -0.159. The molecule has 0 bridgehead atoms. The second-order valence-corrected chi connectivity index (χ2v) is 7.34. The lowest BCUT2D eigenvalue weighted by Gasteiger charge is -2.41. The van der Waals surface area contributed by atoms with Crippen LogP contribution in [-0.2, 0) is 0 Å². The van der Waals surface area contributed by atoms with Gasteiger partial charge >= 0.3 is 0 Å². The second-order valence-electron chi connectivity index (χ2n) is 7.34. The van der Waals surface area contributed by atoms with Crippen molar-refractivity contribution in [2.45, 2.75) is 84.3 Å². The Kier molecular flexibility index (Phi) is 7.49. The van der Waals surface area contributed by atoms with Crippen molar-refractivity contribution < 1.29 is 5.11 Å². The van der Waals surface area contributed by atoms with Crippen LogP contribution >= 0.6 is 0 Å². The molecule has 1 aliphatic heterocycles. The van der Waals surface area contributed by atoms with Crippen molar-refractivity contribution in [1.29, 1.82) is 0 Å². The van der Waals surface area contributed by atoms with Gasteiger partial charge in [-0.3, -0.25) is 0 Å². The molecule has 3 nitrogen and oxygen atoms in total. The molecule has 0 radical (unpaired) electrons. The van der Waals surface area contributed by atoms with Crippen molar-refractivity contribution in [3.05, 3.63) is 0 Å². The van der Waals surface area contributed by atoms with Gasteiger partial charge in [0.1, 0.15) is 0 Å². The fourth-order valence-corrected chi connectivity index (χ4v) is 3.74. The third-order valence-corrected chi connectivity index (χ3v) is 4.70. The summed E-state index contributed by atoms with van der Waals surface area (Å²) in [5, 5.41) is 13.2. The van der Waals surface area contributed by atoms with Gasteiger partial charge in [0.25, 0.3) is 0 Å². The first-order valence-electron chi connectivity index (χ1n) is 8.52. The molecule has 0 aliphatic carbocycles. The van der Waals surface area contributed by atoms with E-state index in [1.165, 1.54) is 38.8 Å². The molecule has 0 aromatic heterocycles. The highest BCUT2D eigenvalue weighted by Gasteiger charge is 2.30.